The summed E-state index contributed by atoms with van der Waals surface area (Å²) in [5, 5.41) is 15.1. The Balaban J connectivity index is 0.00000132. The molecule has 1 aliphatic heterocycles. The first-order chi connectivity index (χ1) is 10.2. The molecule has 0 radical (unpaired) electrons. The van der Waals surface area contributed by atoms with Crippen LogP contribution in [0.15, 0.2) is 24.3 Å². The van der Waals surface area contributed by atoms with Gasteiger partial charge in [0.2, 0.25) is 0 Å². The van der Waals surface area contributed by atoms with Gasteiger partial charge < -0.3 is 15.0 Å². The minimum atomic E-state index is -0.322. The third-order valence-electron chi connectivity index (χ3n) is 4.62. The molecule has 1 aliphatic rings. The van der Waals surface area contributed by atoms with E-state index in [-0.39, 0.29) is 30.9 Å². The van der Waals surface area contributed by atoms with Gasteiger partial charge in [-0.25, -0.2) is 0 Å². The van der Waals surface area contributed by atoms with Crippen molar-refractivity contribution in [1.29, 1.82) is 0 Å². The fourth-order valence-electron chi connectivity index (χ4n) is 3.30. The Hall–Kier alpha value is -0.780. The molecule has 0 saturated carbocycles. The number of nitrogens with zero attached hydrogens (tertiary/aromatic N) is 2. The fourth-order valence-corrected chi connectivity index (χ4v) is 3.30. The van der Waals surface area contributed by atoms with Crippen LogP contribution in [0, 0.1) is 13.8 Å². The maximum Gasteiger partial charge on any atom is 0.0845 e. The van der Waals surface area contributed by atoms with Crippen LogP contribution in [0.1, 0.15) is 11.3 Å². The maximum atomic E-state index is 10.5. The van der Waals surface area contributed by atoms with Crippen LogP contribution in [-0.4, -0.2) is 53.4 Å². The molecule has 1 atom stereocenters. The highest BCUT2D eigenvalue weighted by molar-refractivity contribution is 5.86. The minimum absolute atomic E-state index is 0. The summed E-state index contributed by atoms with van der Waals surface area (Å²) in [5.41, 5.74) is 3.81. The van der Waals surface area contributed by atoms with Crippen LogP contribution >= 0.6 is 24.8 Å². The van der Waals surface area contributed by atoms with Gasteiger partial charge in [-0.2, -0.15) is 0 Å². The summed E-state index contributed by atoms with van der Waals surface area (Å²) in [6.45, 7) is 9.85. The Labute approximate surface area is 150 Å². The highest BCUT2D eigenvalue weighted by Crippen LogP contribution is 2.25. The Morgan fingerprint density at radius 1 is 1.09 bits per heavy atom. The maximum absolute atomic E-state index is 10.5. The van der Waals surface area contributed by atoms with Gasteiger partial charge in [0.15, 0.2) is 0 Å². The number of aromatic nitrogens is 1. The molecule has 0 spiro atoms. The van der Waals surface area contributed by atoms with Crippen molar-refractivity contribution in [2.45, 2.75) is 26.5 Å². The number of rotatable bonds is 4. The molecule has 1 fully saturated rings. The van der Waals surface area contributed by atoms with E-state index in [0.717, 1.165) is 32.7 Å². The van der Waals surface area contributed by atoms with Crippen molar-refractivity contribution in [3.8, 4) is 0 Å². The van der Waals surface area contributed by atoms with Gasteiger partial charge in [-0.05, 0) is 25.5 Å². The lowest BCUT2D eigenvalue weighted by atomic mass is 10.2. The van der Waals surface area contributed by atoms with E-state index >= 15 is 0 Å². The number of aryl methyl sites for hydroxylation is 1. The Bertz CT molecular complexity index is 624. The van der Waals surface area contributed by atoms with Crippen LogP contribution in [0.25, 0.3) is 10.9 Å². The van der Waals surface area contributed by atoms with Gasteiger partial charge in [0.05, 0.1) is 12.6 Å². The van der Waals surface area contributed by atoms with Crippen LogP contribution < -0.4 is 5.32 Å². The zero-order valence-corrected chi connectivity index (χ0v) is 15.4. The number of hydrogen-bond donors (Lipinski definition) is 2. The molecule has 3 rings (SSSR count). The third-order valence-corrected chi connectivity index (χ3v) is 4.62. The smallest absolute Gasteiger partial charge is 0.0845 e. The van der Waals surface area contributed by atoms with Gasteiger partial charge in [0.25, 0.3) is 0 Å². The molecule has 2 heterocycles. The minimum Gasteiger partial charge on any atom is -0.390 e. The number of aliphatic hydroxyl groups is 1. The molecule has 23 heavy (non-hydrogen) atoms. The van der Waals surface area contributed by atoms with Crippen molar-refractivity contribution in [3.05, 3.63) is 35.5 Å². The molecule has 1 unspecified atom stereocenters. The van der Waals surface area contributed by atoms with Gasteiger partial charge in [0.1, 0.15) is 0 Å². The second-order valence-electron chi connectivity index (χ2n) is 6.04. The number of benzene rings is 1. The molecule has 6 heteroatoms. The number of nitrogens with one attached hydrogen (secondary N) is 1. The number of piperazine rings is 1. The number of fused-ring (bicyclic) bond motifs is 1. The summed E-state index contributed by atoms with van der Waals surface area (Å²) in [5.74, 6) is 0. The molecular formula is C17H27Cl2N3O. The lowest BCUT2D eigenvalue weighted by Gasteiger charge is -2.29. The van der Waals surface area contributed by atoms with Gasteiger partial charge in [0, 0.05) is 49.3 Å². The number of hydrogen-bond acceptors (Lipinski definition) is 3. The number of halogens is 2. The average molecular weight is 360 g/mol. The molecule has 1 aromatic heterocycles. The molecule has 4 nitrogen and oxygen atoms in total. The second kappa shape index (κ2) is 8.90. The molecular weight excluding hydrogens is 333 g/mol. The largest absolute Gasteiger partial charge is 0.390 e. The van der Waals surface area contributed by atoms with E-state index in [1.165, 1.54) is 22.2 Å². The standard InChI is InChI=1S/C17H25N3O.2ClH/c1-13-14(2)20(17-6-4-3-5-16(13)17)12-15(21)11-19-9-7-18-8-10-19;;/h3-6,15,18,21H,7-12H2,1-2H3;2*1H. The predicted octanol–water partition coefficient (Wildman–Crippen LogP) is 2.37. The molecule has 0 aliphatic carbocycles. The van der Waals surface area contributed by atoms with Crippen molar-refractivity contribution in [2.75, 3.05) is 32.7 Å². The number of β-amino-alcohol motifs (C(OH)–C–C–N with tert-alkyl or cyclic N) is 1. The van der Waals surface area contributed by atoms with Gasteiger partial charge in [-0.15, -0.1) is 24.8 Å². The van der Waals surface area contributed by atoms with Crippen LogP contribution in [-0.2, 0) is 6.54 Å². The van der Waals surface area contributed by atoms with E-state index in [0.29, 0.717) is 6.54 Å². The van der Waals surface area contributed by atoms with Crippen molar-refractivity contribution in [2.24, 2.45) is 0 Å². The lowest BCUT2D eigenvalue weighted by Crippen LogP contribution is -2.46. The fraction of sp³-hybridized carbons (Fsp3) is 0.529. The quantitative estimate of drug-likeness (QED) is 0.880. The number of aliphatic hydroxyl groups excluding tert-OH is 1. The molecule has 0 amide bonds. The summed E-state index contributed by atoms with van der Waals surface area (Å²) in [6, 6.07) is 8.46. The first-order valence-corrected chi connectivity index (χ1v) is 7.82. The van der Waals surface area contributed by atoms with E-state index in [1.54, 1.807) is 0 Å². The Morgan fingerprint density at radius 2 is 1.74 bits per heavy atom. The Kier molecular flexibility index (Phi) is 7.84. The van der Waals surface area contributed by atoms with Crippen LogP contribution in [0.3, 0.4) is 0 Å². The first-order valence-electron chi connectivity index (χ1n) is 7.82. The lowest BCUT2D eigenvalue weighted by molar-refractivity contribution is 0.0923. The highest BCUT2D eigenvalue weighted by atomic mass is 35.5. The van der Waals surface area contributed by atoms with E-state index in [1.807, 2.05) is 0 Å². The van der Waals surface area contributed by atoms with Gasteiger partial charge in [-0.1, -0.05) is 18.2 Å². The second-order valence-corrected chi connectivity index (χ2v) is 6.04. The van der Waals surface area contributed by atoms with Crippen molar-refractivity contribution >= 4 is 35.7 Å². The van der Waals surface area contributed by atoms with Gasteiger partial charge >= 0.3 is 0 Å². The summed E-state index contributed by atoms with van der Waals surface area (Å²) in [6.07, 6.45) is -0.322. The summed E-state index contributed by atoms with van der Waals surface area (Å²) in [4.78, 5) is 2.34. The molecule has 1 aromatic carbocycles. The topological polar surface area (TPSA) is 40.4 Å². The van der Waals surface area contributed by atoms with Crippen LogP contribution in [0.5, 0.6) is 0 Å². The zero-order chi connectivity index (χ0) is 14.8. The Morgan fingerprint density at radius 3 is 2.43 bits per heavy atom. The summed E-state index contributed by atoms with van der Waals surface area (Å²) in [7, 11) is 0. The van der Waals surface area contributed by atoms with E-state index in [9.17, 15) is 5.11 Å². The van der Waals surface area contributed by atoms with Crippen molar-refractivity contribution in [3.63, 3.8) is 0 Å². The van der Waals surface area contributed by atoms with Crippen molar-refractivity contribution < 1.29 is 5.11 Å². The molecule has 130 valence electrons. The van der Waals surface area contributed by atoms with Crippen LogP contribution in [0.2, 0.25) is 0 Å². The first kappa shape index (κ1) is 20.3. The summed E-state index contributed by atoms with van der Waals surface area (Å²) < 4.78 is 2.26. The molecule has 0 bridgehead atoms. The molecule has 2 aromatic rings. The SMILES string of the molecule is Cc1c(C)n(CC(O)CN2CCNCC2)c2ccccc12.Cl.Cl. The van der Waals surface area contributed by atoms with Gasteiger partial charge in [-0.3, -0.25) is 4.90 Å². The highest BCUT2D eigenvalue weighted by Gasteiger charge is 2.17. The van der Waals surface area contributed by atoms with Crippen LogP contribution in [0.4, 0.5) is 0 Å². The summed E-state index contributed by atoms with van der Waals surface area (Å²) >= 11 is 0. The average Bonchev–Trinajstić information content (AvgIpc) is 2.74. The van der Waals surface area contributed by atoms with Crippen molar-refractivity contribution in [1.82, 2.24) is 14.8 Å². The predicted molar refractivity (Wildman–Crippen MR) is 101 cm³/mol. The van der Waals surface area contributed by atoms with E-state index < -0.39 is 0 Å². The third kappa shape index (κ3) is 4.40. The van der Waals surface area contributed by atoms with E-state index in [2.05, 4.69) is 52.9 Å². The molecule has 1 saturated heterocycles. The zero-order valence-electron chi connectivity index (χ0n) is 13.8. The number of para-hydroxylation sites is 1. The molecule has 2 N–H and O–H groups in total. The normalized spacial score (nSPS) is 16.7. The van der Waals surface area contributed by atoms with E-state index in [4.69, 9.17) is 0 Å². The monoisotopic (exact) mass is 359 g/mol.